The second-order valence-electron chi connectivity index (χ2n) is 6.29. The molecule has 0 aliphatic carbocycles. The van der Waals surface area contributed by atoms with Crippen molar-refractivity contribution in [1.29, 1.82) is 0 Å². The molecule has 5 heteroatoms. The fourth-order valence-corrected chi connectivity index (χ4v) is 2.02. The van der Waals surface area contributed by atoms with Crippen molar-refractivity contribution in [3.8, 4) is 5.75 Å². The highest BCUT2D eigenvalue weighted by molar-refractivity contribution is 6.05. The summed E-state index contributed by atoms with van der Waals surface area (Å²) in [5.41, 5.74) is 1.96. The van der Waals surface area contributed by atoms with Crippen LogP contribution in [0.25, 0.3) is 0 Å². The third-order valence-electron chi connectivity index (χ3n) is 3.44. The van der Waals surface area contributed by atoms with Crippen LogP contribution in [0.1, 0.15) is 54.1 Å². The van der Waals surface area contributed by atoms with Gasteiger partial charge in [0, 0.05) is 11.8 Å². The van der Waals surface area contributed by atoms with Gasteiger partial charge in [-0.25, -0.2) is 0 Å². The fraction of sp³-hybridized carbons (Fsp3) is 0.294. The Morgan fingerprint density at radius 1 is 1.18 bits per heavy atom. The summed E-state index contributed by atoms with van der Waals surface area (Å²) in [6.07, 6.45) is 1.49. The average Bonchev–Trinajstić information content (AvgIpc) is 2.89. The van der Waals surface area contributed by atoms with Crippen LogP contribution in [-0.4, -0.2) is 21.8 Å². The van der Waals surface area contributed by atoms with Crippen LogP contribution in [0.2, 0.25) is 0 Å². The third kappa shape index (κ3) is 3.36. The first-order chi connectivity index (χ1) is 10.2. The molecule has 0 atom stereocenters. The first kappa shape index (κ1) is 15.8. The summed E-state index contributed by atoms with van der Waals surface area (Å²) in [6.45, 7) is 7.59. The monoisotopic (exact) mass is 300 g/mol. The highest BCUT2D eigenvalue weighted by atomic mass is 16.3. The summed E-state index contributed by atoms with van der Waals surface area (Å²) < 4.78 is 0. The van der Waals surface area contributed by atoms with Crippen LogP contribution >= 0.6 is 0 Å². The van der Waals surface area contributed by atoms with E-state index in [-0.39, 0.29) is 22.6 Å². The van der Waals surface area contributed by atoms with Gasteiger partial charge < -0.3 is 15.4 Å². The highest BCUT2D eigenvalue weighted by Crippen LogP contribution is 2.30. The summed E-state index contributed by atoms with van der Waals surface area (Å²) in [5, 5.41) is 12.6. The molecule has 0 unspecified atom stereocenters. The number of phenolic OH excluding ortho intramolecular Hbond substituents is 1. The van der Waals surface area contributed by atoms with Gasteiger partial charge in [-0.15, -0.1) is 0 Å². The number of hydrogen-bond acceptors (Lipinski definition) is 3. The largest absolute Gasteiger partial charge is 0.506 e. The number of H-pyrrole nitrogens is 1. The Morgan fingerprint density at radius 3 is 2.41 bits per heavy atom. The molecule has 0 radical (unpaired) electrons. The lowest BCUT2D eigenvalue weighted by molar-refractivity contribution is 0.101. The molecule has 5 nitrogen and oxygen atoms in total. The Hall–Kier alpha value is -2.56. The van der Waals surface area contributed by atoms with Crippen LogP contribution in [0.5, 0.6) is 5.75 Å². The minimum Gasteiger partial charge on any atom is -0.506 e. The predicted octanol–water partition coefficient (Wildman–Crippen LogP) is 3.47. The van der Waals surface area contributed by atoms with E-state index in [4.69, 9.17) is 0 Å². The number of rotatable bonds is 3. The minimum atomic E-state index is -0.408. The lowest BCUT2D eigenvalue weighted by Crippen LogP contribution is -2.15. The molecule has 1 amide bonds. The molecule has 2 aromatic rings. The number of aromatic hydroxyl groups is 1. The predicted molar refractivity (Wildman–Crippen MR) is 85.6 cm³/mol. The maximum atomic E-state index is 12.2. The number of phenols is 1. The summed E-state index contributed by atoms with van der Waals surface area (Å²) in [7, 11) is 0. The van der Waals surface area contributed by atoms with Crippen LogP contribution in [0.15, 0.2) is 30.5 Å². The van der Waals surface area contributed by atoms with Gasteiger partial charge >= 0.3 is 0 Å². The molecule has 0 aliphatic rings. The van der Waals surface area contributed by atoms with Crippen molar-refractivity contribution < 1.29 is 14.7 Å². The van der Waals surface area contributed by atoms with Crippen LogP contribution in [0, 0.1) is 0 Å². The molecule has 0 spiro atoms. The van der Waals surface area contributed by atoms with Crippen molar-refractivity contribution >= 4 is 17.4 Å². The number of amides is 1. The Bertz CT molecular complexity index is 724. The van der Waals surface area contributed by atoms with Gasteiger partial charge in [0.1, 0.15) is 11.4 Å². The normalized spacial score (nSPS) is 11.3. The number of carbonyl (C=O) groups excluding carboxylic acids is 2. The number of hydrogen-bond donors (Lipinski definition) is 3. The van der Waals surface area contributed by atoms with Crippen molar-refractivity contribution in [3.63, 3.8) is 0 Å². The van der Waals surface area contributed by atoms with Crippen molar-refractivity contribution in [2.45, 2.75) is 33.1 Å². The zero-order valence-corrected chi connectivity index (χ0v) is 13.2. The highest BCUT2D eigenvalue weighted by Gasteiger charge is 2.17. The van der Waals surface area contributed by atoms with E-state index in [9.17, 15) is 14.7 Å². The molecule has 0 saturated heterocycles. The number of aromatic nitrogens is 1. The molecule has 116 valence electrons. The first-order valence-corrected chi connectivity index (χ1v) is 7.02. The number of benzene rings is 1. The lowest BCUT2D eigenvalue weighted by atomic mass is 9.87. The van der Waals surface area contributed by atoms with Crippen molar-refractivity contribution in [1.82, 2.24) is 4.98 Å². The molecular formula is C17H20N2O3. The van der Waals surface area contributed by atoms with E-state index in [1.807, 2.05) is 6.07 Å². The zero-order valence-electron chi connectivity index (χ0n) is 13.2. The van der Waals surface area contributed by atoms with E-state index in [1.165, 1.54) is 19.2 Å². The van der Waals surface area contributed by atoms with E-state index in [1.54, 1.807) is 12.1 Å². The van der Waals surface area contributed by atoms with E-state index in [0.717, 1.165) is 5.56 Å². The van der Waals surface area contributed by atoms with Gasteiger partial charge in [0.05, 0.1) is 5.69 Å². The number of anilines is 1. The van der Waals surface area contributed by atoms with Gasteiger partial charge in [0.15, 0.2) is 5.78 Å². The first-order valence-electron chi connectivity index (χ1n) is 7.02. The SMILES string of the molecule is CC(=O)c1c[nH]c(C(=O)Nc2cc(C(C)(C)C)ccc2O)c1. The smallest absolute Gasteiger partial charge is 0.272 e. The molecule has 1 aromatic heterocycles. The molecule has 0 bridgehead atoms. The Morgan fingerprint density at radius 2 is 1.86 bits per heavy atom. The van der Waals surface area contributed by atoms with E-state index in [0.29, 0.717) is 11.3 Å². The van der Waals surface area contributed by atoms with Crippen molar-refractivity contribution in [2.24, 2.45) is 0 Å². The van der Waals surface area contributed by atoms with Crippen molar-refractivity contribution in [2.75, 3.05) is 5.32 Å². The molecule has 22 heavy (non-hydrogen) atoms. The number of carbonyl (C=O) groups is 2. The summed E-state index contributed by atoms with van der Waals surface area (Å²) in [5.74, 6) is -0.526. The molecule has 0 saturated carbocycles. The second-order valence-corrected chi connectivity index (χ2v) is 6.29. The average molecular weight is 300 g/mol. The van der Waals surface area contributed by atoms with Gasteiger partial charge in [-0.1, -0.05) is 26.8 Å². The van der Waals surface area contributed by atoms with Gasteiger partial charge in [-0.05, 0) is 36.1 Å². The molecule has 3 N–H and O–H groups in total. The molecule has 1 heterocycles. The van der Waals surface area contributed by atoms with E-state index in [2.05, 4.69) is 31.1 Å². The number of aromatic amines is 1. The number of ketones is 1. The molecule has 1 aromatic carbocycles. The summed E-state index contributed by atoms with van der Waals surface area (Å²) >= 11 is 0. The quantitative estimate of drug-likeness (QED) is 0.599. The Labute approximate surface area is 129 Å². The van der Waals surface area contributed by atoms with Crippen LogP contribution in [0.4, 0.5) is 5.69 Å². The minimum absolute atomic E-state index is 0.000280. The molecular weight excluding hydrogens is 280 g/mol. The standard InChI is InChI=1S/C17H20N2O3/c1-10(20)11-7-14(18-9-11)16(22)19-13-8-12(17(2,3)4)5-6-15(13)21/h5-9,18,21H,1-4H3,(H,19,22). The van der Waals surface area contributed by atoms with E-state index >= 15 is 0 Å². The van der Waals surface area contributed by atoms with Crippen LogP contribution in [0.3, 0.4) is 0 Å². The van der Waals surface area contributed by atoms with Gasteiger partial charge in [0.2, 0.25) is 0 Å². The lowest BCUT2D eigenvalue weighted by Gasteiger charge is -2.20. The van der Waals surface area contributed by atoms with Gasteiger partial charge in [-0.2, -0.15) is 0 Å². The van der Waals surface area contributed by atoms with Crippen LogP contribution < -0.4 is 5.32 Å². The van der Waals surface area contributed by atoms with Crippen LogP contribution in [-0.2, 0) is 5.41 Å². The Kier molecular flexibility index (Phi) is 4.08. The second kappa shape index (κ2) is 5.67. The van der Waals surface area contributed by atoms with E-state index < -0.39 is 5.91 Å². The topological polar surface area (TPSA) is 82.2 Å². The third-order valence-corrected chi connectivity index (χ3v) is 3.44. The number of nitrogens with one attached hydrogen (secondary N) is 2. The summed E-state index contributed by atoms with van der Waals surface area (Å²) in [4.78, 5) is 26.2. The maximum Gasteiger partial charge on any atom is 0.272 e. The number of Topliss-reactive ketones (excluding diaryl/α,β-unsaturated/α-hetero) is 1. The van der Waals surface area contributed by atoms with Crippen molar-refractivity contribution in [3.05, 3.63) is 47.3 Å². The molecule has 0 fully saturated rings. The maximum absolute atomic E-state index is 12.2. The Balaban J connectivity index is 2.25. The molecule has 2 rings (SSSR count). The zero-order chi connectivity index (χ0) is 16.5. The van der Waals surface area contributed by atoms with Gasteiger partial charge in [-0.3, -0.25) is 9.59 Å². The molecule has 0 aliphatic heterocycles. The van der Waals surface area contributed by atoms with Gasteiger partial charge in [0.25, 0.3) is 5.91 Å². The fourth-order valence-electron chi connectivity index (χ4n) is 2.02. The summed E-state index contributed by atoms with van der Waals surface area (Å²) in [6, 6.07) is 6.63.